The third-order valence-corrected chi connectivity index (χ3v) is 1.63. The van der Waals surface area contributed by atoms with Crippen molar-refractivity contribution in [3.63, 3.8) is 0 Å². The highest BCUT2D eigenvalue weighted by molar-refractivity contribution is 5.78. The monoisotopic (exact) mass is 191 g/mol. The number of carbonyl (C=O) groups excluding carboxylic acids is 1. The second kappa shape index (κ2) is 5.85. The molecule has 0 saturated carbocycles. The average Bonchev–Trinajstić information content (AvgIpc) is 2.20. The van der Waals surface area contributed by atoms with E-state index in [0.717, 1.165) is 5.56 Å². The molecule has 0 aliphatic carbocycles. The third-order valence-electron chi connectivity index (χ3n) is 1.63. The van der Waals surface area contributed by atoms with Gasteiger partial charge in [-0.25, -0.2) is 9.97 Å². The summed E-state index contributed by atoms with van der Waals surface area (Å²) in [4.78, 5) is 18.9. The molecule has 0 aliphatic rings. The Kier molecular flexibility index (Phi) is 4.34. The van der Waals surface area contributed by atoms with Crippen LogP contribution in [0.1, 0.15) is 12.5 Å². The van der Waals surface area contributed by atoms with Crippen molar-refractivity contribution < 1.29 is 4.79 Å². The number of carbonyl (C=O) groups is 1. The number of aromatic nitrogens is 2. The Bertz CT molecular complexity index is 308. The van der Waals surface area contributed by atoms with E-state index in [-0.39, 0.29) is 5.91 Å². The van der Waals surface area contributed by atoms with Gasteiger partial charge in [-0.3, -0.25) is 4.79 Å². The maximum Gasteiger partial charge on any atom is 0.224 e. The van der Waals surface area contributed by atoms with Crippen LogP contribution in [0, 0.1) is 0 Å². The van der Waals surface area contributed by atoms with Crippen LogP contribution in [0.5, 0.6) is 0 Å². The summed E-state index contributed by atoms with van der Waals surface area (Å²) < 4.78 is 0. The van der Waals surface area contributed by atoms with E-state index in [1.807, 2.05) is 19.1 Å². The molecule has 0 spiro atoms. The number of allylic oxidation sites excluding steroid dienone is 1. The lowest BCUT2D eigenvalue weighted by Crippen LogP contribution is -2.25. The van der Waals surface area contributed by atoms with Crippen LogP contribution in [-0.4, -0.2) is 22.4 Å². The standard InChI is InChI=1S/C10H13N3O/c1-2-3-4-13-10(14)5-9-6-11-8-12-7-9/h2-3,6-8H,4-5H2,1H3,(H,13,14)/b3-2+. The zero-order chi connectivity index (χ0) is 10.2. The van der Waals surface area contributed by atoms with Crippen molar-refractivity contribution in [1.29, 1.82) is 0 Å². The number of nitrogens with zero attached hydrogens (tertiary/aromatic N) is 2. The van der Waals surface area contributed by atoms with Crippen LogP contribution in [-0.2, 0) is 11.2 Å². The first-order valence-electron chi connectivity index (χ1n) is 4.44. The molecule has 0 atom stereocenters. The van der Waals surface area contributed by atoms with Gasteiger partial charge in [0, 0.05) is 18.9 Å². The third kappa shape index (κ3) is 3.80. The molecule has 0 aromatic carbocycles. The maximum absolute atomic E-state index is 11.3. The van der Waals surface area contributed by atoms with E-state index in [2.05, 4.69) is 15.3 Å². The molecule has 0 bridgehead atoms. The second-order valence-corrected chi connectivity index (χ2v) is 2.80. The van der Waals surface area contributed by atoms with E-state index in [1.165, 1.54) is 6.33 Å². The summed E-state index contributed by atoms with van der Waals surface area (Å²) in [6.07, 6.45) is 8.84. The van der Waals surface area contributed by atoms with Gasteiger partial charge in [-0.1, -0.05) is 12.2 Å². The molecule has 4 heteroatoms. The molecule has 0 radical (unpaired) electrons. The topological polar surface area (TPSA) is 54.9 Å². The first-order chi connectivity index (χ1) is 6.83. The molecule has 0 fully saturated rings. The van der Waals surface area contributed by atoms with Crippen LogP contribution < -0.4 is 5.32 Å². The van der Waals surface area contributed by atoms with Gasteiger partial charge in [-0.05, 0) is 12.5 Å². The number of hydrogen-bond donors (Lipinski definition) is 1. The van der Waals surface area contributed by atoms with Gasteiger partial charge in [0.15, 0.2) is 0 Å². The van der Waals surface area contributed by atoms with Gasteiger partial charge in [-0.2, -0.15) is 0 Å². The highest BCUT2D eigenvalue weighted by Gasteiger charge is 2.01. The quantitative estimate of drug-likeness (QED) is 0.713. The summed E-state index contributed by atoms with van der Waals surface area (Å²) in [7, 11) is 0. The zero-order valence-electron chi connectivity index (χ0n) is 8.10. The minimum atomic E-state index is -0.0158. The van der Waals surface area contributed by atoms with Crippen LogP contribution in [0.4, 0.5) is 0 Å². The van der Waals surface area contributed by atoms with Gasteiger partial charge >= 0.3 is 0 Å². The van der Waals surface area contributed by atoms with Crippen LogP contribution in [0.3, 0.4) is 0 Å². The summed E-state index contributed by atoms with van der Waals surface area (Å²) in [5.41, 5.74) is 0.825. The number of hydrogen-bond acceptors (Lipinski definition) is 3. The Morgan fingerprint density at radius 3 is 2.86 bits per heavy atom. The Hall–Kier alpha value is -1.71. The lowest BCUT2D eigenvalue weighted by atomic mass is 10.2. The van der Waals surface area contributed by atoms with E-state index in [9.17, 15) is 4.79 Å². The normalized spacial score (nSPS) is 10.4. The van der Waals surface area contributed by atoms with Gasteiger partial charge in [0.2, 0.25) is 5.91 Å². The number of amides is 1. The van der Waals surface area contributed by atoms with Crippen molar-refractivity contribution in [1.82, 2.24) is 15.3 Å². The van der Waals surface area contributed by atoms with Gasteiger partial charge < -0.3 is 5.32 Å². The predicted octanol–water partition coefficient (Wildman–Crippen LogP) is 0.711. The van der Waals surface area contributed by atoms with Crippen molar-refractivity contribution in [2.75, 3.05) is 6.54 Å². The minimum absolute atomic E-state index is 0.0158. The summed E-state index contributed by atoms with van der Waals surface area (Å²) >= 11 is 0. The van der Waals surface area contributed by atoms with Crippen molar-refractivity contribution >= 4 is 5.91 Å². The van der Waals surface area contributed by atoms with E-state index < -0.39 is 0 Å². The molecule has 0 saturated heterocycles. The fraction of sp³-hybridized carbons (Fsp3) is 0.300. The number of rotatable bonds is 4. The Balaban J connectivity index is 2.34. The minimum Gasteiger partial charge on any atom is -0.352 e. The second-order valence-electron chi connectivity index (χ2n) is 2.80. The highest BCUT2D eigenvalue weighted by atomic mass is 16.1. The Labute approximate surface area is 83.1 Å². The molecular weight excluding hydrogens is 178 g/mol. The summed E-state index contributed by atoms with van der Waals surface area (Å²) in [6.45, 7) is 2.49. The molecule has 1 N–H and O–H groups in total. The molecule has 1 aromatic heterocycles. The van der Waals surface area contributed by atoms with Gasteiger partial charge in [-0.15, -0.1) is 0 Å². The van der Waals surface area contributed by atoms with Crippen molar-refractivity contribution in [2.24, 2.45) is 0 Å². The van der Waals surface area contributed by atoms with E-state index in [4.69, 9.17) is 0 Å². The lowest BCUT2D eigenvalue weighted by Gasteiger charge is -2.00. The van der Waals surface area contributed by atoms with Crippen LogP contribution in [0.2, 0.25) is 0 Å². The zero-order valence-corrected chi connectivity index (χ0v) is 8.10. The molecule has 0 aliphatic heterocycles. The smallest absolute Gasteiger partial charge is 0.224 e. The molecule has 4 nitrogen and oxygen atoms in total. The summed E-state index contributed by atoms with van der Waals surface area (Å²) in [5.74, 6) is -0.0158. The van der Waals surface area contributed by atoms with Crippen LogP contribution >= 0.6 is 0 Å². The van der Waals surface area contributed by atoms with Crippen molar-refractivity contribution in [3.05, 3.63) is 36.4 Å². The molecule has 1 aromatic rings. The summed E-state index contributed by atoms with van der Waals surface area (Å²) in [6, 6.07) is 0. The van der Waals surface area contributed by atoms with Crippen molar-refractivity contribution in [2.45, 2.75) is 13.3 Å². The summed E-state index contributed by atoms with van der Waals surface area (Å²) in [5, 5.41) is 2.75. The predicted molar refractivity (Wildman–Crippen MR) is 53.6 cm³/mol. The Morgan fingerprint density at radius 2 is 2.21 bits per heavy atom. The van der Waals surface area contributed by atoms with Crippen LogP contribution in [0.25, 0.3) is 0 Å². The molecule has 1 amide bonds. The molecule has 14 heavy (non-hydrogen) atoms. The van der Waals surface area contributed by atoms with Gasteiger partial charge in [0.05, 0.1) is 6.42 Å². The number of nitrogens with one attached hydrogen (secondary N) is 1. The van der Waals surface area contributed by atoms with Crippen LogP contribution in [0.15, 0.2) is 30.9 Å². The fourth-order valence-corrected chi connectivity index (χ4v) is 0.960. The first kappa shape index (κ1) is 10.4. The molecular formula is C10H13N3O. The van der Waals surface area contributed by atoms with E-state index >= 15 is 0 Å². The molecule has 0 unspecified atom stereocenters. The largest absolute Gasteiger partial charge is 0.352 e. The van der Waals surface area contributed by atoms with Crippen molar-refractivity contribution in [3.8, 4) is 0 Å². The average molecular weight is 191 g/mol. The Morgan fingerprint density at radius 1 is 1.50 bits per heavy atom. The SMILES string of the molecule is C/C=C/CNC(=O)Cc1cncnc1. The van der Waals surface area contributed by atoms with E-state index in [1.54, 1.807) is 12.4 Å². The molecule has 74 valence electrons. The highest BCUT2D eigenvalue weighted by Crippen LogP contribution is 1.93. The fourth-order valence-electron chi connectivity index (χ4n) is 0.960. The van der Waals surface area contributed by atoms with Gasteiger partial charge in [0.25, 0.3) is 0 Å². The maximum atomic E-state index is 11.3. The molecule has 1 heterocycles. The van der Waals surface area contributed by atoms with E-state index in [0.29, 0.717) is 13.0 Å². The van der Waals surface area contributed by atoms with Gasteiger partial charge in [0.1, 0.15) is 6.33 Å². The lowest BCUT2D eigenvalue weighted by molar-refractivity contribution is -0.120. The first-order valence-corrected chi connectivity index (χ1v) is 4.44. The molecule has 1 rings (SSSR count).